The van der Waals surface area contributed by atoms with Gasteiger partial charge >= 0.3 is 0 Å². The van der Waals surface area contributed by atoms with Crippen LogP contribution in [0.25, 0.3) is 0 Å². The summed E-state index contributed by atoms with van der Waals surface area (Å²) in [5, 5.41) is 9.24. The quantitative estimate of drug-likeness (QED) is 0.793. The van der Waals surface area contributed by atoms with Gasteiger partial charge in [0, 0.05) is 25.9 Å². The molecule has 1 aromatic rings. The molecule has 1 saturated heterocycles. The van der Waals surface area contributed by atoms with E-state index in [1.165, 1.54) is 0 Å². The van der Waals surface area contributed by atoms with Crippen LogP contribution in [-0.4, -0.2) is 39.7 Å². The number of likely N-dealkylation sites (tertiary alicyclic amines) is 1. The number of aromatic nitrogens is 1. The lowest BCUT2D eigenvalue weighted by Gasteiger charge is -2.32. The van der Waals surface area contributed by atoms with Crippen LogP contribution in [0.3, 0.4) is 0 Å². The van der Waals surface area contributed by atoms with Crippen molar-refractivity contribution >= 4 is 17.2 Å². The van der Waals surface area contributed by atoms with E-state index in [4.69, 9.17) is 18.0 Å². The van der Waals surface area contributed by atoms with Gasteiger partial charge in [-0.1, -0.05) is 18.3 Å². The Hall–Kier alpha value is -1.04. The number of hydrogen-bond acceptors (Lipinski definition) is 4. The summed E-state index contributed by atoms with van der Waals surface area (Å²) in [6.07, 6.45) is 3.96. The largest absolute Gasteiger partial charge is 0.396 e. The molecular weight excluding hydrogens is 246 g/mol. The molecule has 1 unspecified atom stereocenters. The first-order chi connectivity index (χ1) is 8.70. The molecule has 1 aliphatic heterocycles. The maximum Gasteiger partial charge on any atom is 0.123 e. The maximum atomic E-state index is 9.24. The van der Waals surface area contributed by atoms with E-state index in [0.717, 1.165) is 43.7 Å². The van der Waals surface area contributed by atoms with Crippen LogP contribution in [0.2, 0.25) is 0 Å². The molecule has 1 fully saturated rings. The highest BCUT2D eigenvalue weighted by Gasteiger charge is 2.20. The van der Waals surface area contributed by atoms with Gasteiger partial charge < -0.3 is 10.8 Å². The van der Waals surface area contributed by atoms with Crippen LogP contribution < -0.4 is 5.73 Å². The van der Waals surface area contributed by atoms with Crippen molar-refractivity contribution in [3.8, 4) is 0 Å². The van der Waals surface area contributed by atoms with E-state index in [0.29, 0.717) is 10.9 Å². The zero-order valence-corrected chi connectivity index (χ0v) is 11.2. The van der Waals surface area contributed by atoms with E-state index in [-0.39, 0.29) is 6.61 Å². The van der Waals surface area contributed by atoms with Gasteiger partial charge in [-0.2, -0.15) is 0 Å². The number of rotatable bonds is 4. The van der Waals surface area contributed by atoms with Crippen LogP contribution in [0, 0.1) is 5.92 Å². The van der Waals surface area contributed by atoms with E-state index in [2.05, 4.69) is 9.88 Å². The van der Waals surface area contributed by atoms with Crippen molar-refractivity contribution in [2.45, 2.75) is 19.4 Å². The number of piperidine rings is 1. The van der Waals surface area contributed by atoms with Gasteiger partial charge in [0.15, 0.2) is 0 Å². The second kappa shape index (κ2) is 6.22. The van der Waals surface area contributed by atoms with E-state index in [1.54, 1.807) is 6.20 Å². The van der Waals surface area contributed by atoms with Crippen molar-refractivity contribution in [1.82, 2.24) is 9.88 Å². The van der Waals surface area contributed by atoms with Crippen molar-refractivity contribution in [3.05, 3.63) is 29.6 Å². The van der Waals surface area contributed by atoms with E-state index < -0.39 is 0 Å². The SMILES string of the molecule is NC(=S)c1ncccc1CN1CCCC(CO)C1. The molecule has 0 aromatic carbocycles. The highest BCUT2D eigenvalue weighted by Crippen LogP contribution is 2.18. The van der Waals surface area contributed by atoms with Crippen molar-refractivity contribution in [3.63, 3.8) is 0 Å². The van der Waals surface area contributed by atoms with Crippen LogP contribution >= 0.6 is 12.2 Å². The average molecular weight is 265 g/mol. The summed E-state index contributed by atoms with van der Waals surface area (Å²) < 4.78 is 0. The Labute approximate surface area is 113 Å². The molecule has 1 aromatic heterocycles. The number of nitrogens with two attached hydrogens (primary N) is 1. The lowest BCUT2D eigenvalue weighted by atomic mass is 9.98. The third-order valence-electron chi connectivity index (χ3n) is 3.38. The van der Waals surface area contributed by atoms with Gasteiger partial charge in [0.1, 0.15) is 10.7 Å². The molecule has 3 N–H and O–H groups in total. The van der Waals surface area contributed by atoms with Crippen LogP contribution in [0.1, 0.15) is 24.1 Å². The molecule has 0 amide bonds. The number of thiocarbonyl (C=S) groups is 1. The van der Waals surface area contributed by atoms with Crippen molar-refractivity contribution in [1.29, 1.82) is 0 Å². The monoisotopic (exact) mass is 265 g/mol. The lowest BCUT2D eigenvalue weighted by molar-refractivity contribution is 0.116. The number of pyridine rings is 1. The van der Waals surface area contributed by atoms with Gasteiger partial charge in [0.2, 0.25) is 0 Å². The highest BCUT2D eigenvalue weighted by atomic mass is 32.1. The summed E-state index contributed by atoms with van der Waals surface area (Å²) in [6.45, 7) is 3.06. The fourth-order valence-corrected chi connectivity index (χ4v) is 2.66. The van der Waals surface area contributed by atoms with Crippen molar-refractivity contribution < 1.29 is 5.11 Å². The fourth-order valence-electron chi connectivity index (χ4n) is 2.47. The number of hydrogen-bond donors (Lipinski definition) is 2. The zero-order chi connectivity index (χ0) is 13.0. The fraction of sp³-hybridized carbons (Fsp3) is 0.538. The molecule has 0 radical (unpaired) electrons. The first-order valence-electron chi connectivity index (χ1n) is 6.27. The van der Waals surface area contributed by atoms with Crippen molar-refractivity contribution in [2.75, 3.05) is 19.7 Å². The lowest BCUT2D eigenvalue weighted by Crippen LogP contribution is -2.36. The Morgan fingerprint density at radius 1 is 1.61 bits per heavy atom. The molecule has 2 rings (SSSR count). The average Bonchev–Trinajstić information content (AvgIpc) is 2.39. The first kappa shape index (κ1) is 13.4. The predicted octanol–water partition coefficient (Wildman–Crippen LogP) is 0.920. The molecular formula is C13H19N3OS. The molecule has 4 nitrogen and oxygen atoms in total. The number of nitrogens with zero attached hydrogens (tertiary/aromatic N) is 2. The van der Waals surface area contributed by atoms with Gasteiger partial charge in [-0.25, -0.2) is 0 Å². The van der Waals surface area contributed by atoms with Gasteiger partial charge in [0.05, 0.1) is 0 Å². The Bertz CT molecular complexity index is 424. The molecule has 98 valence electrons. The smallest absolute Gasteiger partial charge is 0.123 e. The second-order valence-corrected chi connectivity index (χ2v) is 5.24. The minimum absolute atomic E-state index is 0.270. The summed E-state index contributed by atoms with van der Waals surface area (Å²) in [5.41, 5.74) is 7.48. The second-order valence-electron chi connectivity index (χ2n) is 4.80. The van der Waals surface area contributed by atoms with Gasteiger partial charge in [0.25, 0.3) is 0 Å². The van der Waals surface area contributed by atoms with Gasteiger partial charge in [-0.3, -0.25) is 9.88 Å². The molecule has 0 bridgehead atoms. The topological polar surface area (TPSA) is 62.4 Å². The highest BCUT2D eigenvalue weighted by molar-refractivity contribution is 7.80. The predicted molar refractivity (Wildman–Crippen MR) is 75.2 cm³/mol. The Morgan fingerprint density at radius 2 is 2.44 bits per heavy atom. The molecule has 0 saturated carbocycles. The summed E-state index contributed by atoms with van der Waals surface area (Å²) in [5.74, 6) is 0.392. The molecule has 18 heavy (non-hydrogen) atoms. The Kier molecular flexibility index (Phi) is 4.63. The summed E-state index contributed by atoms with van der Waals surface area (Å²) in [7, 11) is 0. The third-order valence-corrected chi connectivity index (χ3v) is 3.57. The summed E-state index contributed by atoms with van der Waals surface area (Å²) >= 11 is 5.02. The molecule has 0 spiro atoms. The van der Waals surface area contributed by atoms with E-state index in [9.17, 15) is 5.11 Å². The van der Waals surface area contributed by atoms with Crippen LogP contribution in [0.5, 0.6) is 0 Å². The summed E-state index contributed by atoms with van der Waals surface area (Å²) in [4.78, 5) is 6.93. The van der Waals surface area contributed by atoms with Crippen LogP contribution in [0.15, 0.2) is 18.3 Å². The molecule has 1 atom stereocenters. The van der Waals surface area contributed by atoms with E-state index in [1.807, 2.05) is 12.1 Å². The van der Waals surface area contributed by atoms with Crippen LogP contribution in [0.4, 0.5) is 0 Å². The normalized spacial score (nSPS) is 20.8. The number of aliphatic hydroxyl groups excluding tert-OH is 1. The standard InChI is InChI=1S/C13H19N3OS/c14-13(18)12-11(4-1-5-15-12)8-16-6-2-3-10(7-16)9-17/h1,4-5,10,17H,2-3,6-9H2,(H2,14,18). The molecule has 1 aliphatic rings. The summed E-state index contributed by atoms with van der Waals surface area (Å²) in [6, 6.07) is 3.93. The van der Waals surface area contributed by atoms with E-state index >= 15 is 0 Å². The van der Waals surface area contributed by atoms with Gasteiger partial charge in [-0.15, -0.1) is 0 Å². The Morgan fingerprint density at radius 3 is 3.17 bits per heavy atom. The van der Waals surface area contributed by atoms with Crippen molar-refractivity contribution in [2.24, 2.45) is 11.7 Å². The molecule has 2 heterocycles. The zero-order valence-electron chi connectivity index (χ0n) is 10.4. The third kappa shape index (κ3) is 3.25. The van der Waals surface area contributed by atoms with Crippen LogP contribution in [-0.2, 0) is 6.54 Å². The minimum Gasteiger partial charge on any atom is -0.396 e. The van der Waals surface area contributed by atoms with Gasteiger partial charge in [-0.05, 0) is 36.9 Å². The molecule has 0 aliphatic carbocycles. The first-order valence-corrected chi connectivity index (χ1v) is 6.68. The minimum atomic E-state index is 0.270. The molecule has 5 heteroatoms. The Balaban J connectivity index is 2.07. The maximum absolute atomic E-state index is 9.24. The number of aliphatic hydroxyl groups is 1.